The van der Waals surface area contributed by atoms with E-state index in [1.165, 1.54) is 12.3 Å². The van der Waals surface area contributed by atoms with Crippen molar-refractivity contribution in [2.75, 3.05) is 26.3 Å². The zero-order valence-electron chi connectivity index (χ0n) is 20.9. The third-order valence-electron chi connectivity index (χ3n) is 7.64. The number of hydrogen-bond acceptors (Lipinski definition) is 6. The van der Waals surface area contributed by atoms with Crippen LogP contribution in [0.4, 0.5) is 22.0 Å². The van der Waals surface area contributed by atoms with Gasteiger partial charge in [-0.2, -0.15) is 23.1 Å². The predicted octanol–water partition coefficient (Wildman–Crippen LogP) is 6.46. The fraction of sp³-hybridized carbons (Fsp3) is 0.393. The number of nitrogens with zero attached hydrogens (tertiary/aromatic N) is 4. The number of halogens is 5. The highest BCUT2D eigenvalue weighted by Crippen LogP contribution is 2.40. The van der Waals surface area contributed by atoms with Crippen molar-refractivity contribution < 1.29 is 31.4 Å². The highest BCUT2D eigenvalue weighted by Gasteiger charge is 2.45. The average molecular weight is 545 g/mol. The van der Waals surface area contributed by atoms with E-state index in [-0.39, 0.29) is 51.6 Å². The number of alkyl halides is 3. The lowest BCUT2D eigenvalue weighted by Gasteiger charge is -2.31. The molecule has 0 bridgehead atoms. The van der Waals surface area contributed by atoms with Gasteiger partial charge in [0.2, 0.25) is 5.88 Å². The Morgan fingerprint density at radius 3 is 2.44 bits per heavy atom. The van der Waals surface area contributed by atoms with Gasteiger partial charge in [0, 0.05) is 17.1 Å². The molecular weight excluding hydrogens is 519 g/mol. The molecule has 2 fully saturated rings. The second kappa shape index (κ2) is 9.86. The Balaban J connectivity index is 1.42. The Morgan fingerprint density at radius 1 is 0.949 bits per heavy atom. The summed E-state index contributed by atoms with van der Waals surface area (Å²) in [4.78, 5) is 15.0. The van der Waals surface area contributed by atoms with Crippen LogP contribution in [-0.2, 0) is 0 Å². The van der Waals surface area contributed by atoms with Crippen LogP contribution in [-0.4, -0.2) is 57.9 Å². The van der Waals surface area contributed by atoms with E-state index in [0.717, 1.165) is 38.8 Å². The van der Waals surface area contributed by atoms with Crippen LogP contribution in [0.1, 0.15) is 32.1 Å². The van der Waals surface area contributed by atoms with Crippen molar-refractivity contribution in [1.82, 2.24) is 19.9 Å². The van der Waals surface area contributed by atoms with Gasteiger partial charge >= 0.3 is 12.2 Å². The van der Waals surface area contributed by atoms with Crippen LogP contribution in [0.25, 0.3) is 32.9 Å². The van der Waals surface area contributed by atoms with Gasteiger partial charge in [-0.05, 0) is 50.2 Å². The van der Waals surface area contributed by atoms with E-state index < -0.39 is 30.8 Å². The minimum absolute atomic E-state index is 0.00648. The predicted molar refractivity (Wildman–Crippen MR) is 135 cm³/mol. The number of hydrogen-bond donors (Lipinski definition) is 0. The van der Waals surface area contributed by atoms with E-state index in [1.54, 1.807) is 30.3 Å². The summed E-state index contributed by atoms with van der Waals surface area (Å²) < 4.78 is 80.5. The van der Waals surface area contributed by atoms with Crippen molar-refractivity contribution >= 4 is 21.7 Å². The lowest BCUT2D eigenvalue weighted by atomic mass is 9.95. The largest absolute Gasteiger partial charge is 0.477 e. The maximum absolute atomic E-state index is 16.1. The van der Waals surface area contributed by atoms with E-state index in [9.17, 15) is 17.6 Å². The number of benzene rings is 2. The van der Waals surface area contributed by atoms with E-state index >= 15 is 4.39 Å². The van der Waals surface area contributed by atoms with Gasteiger partial charge in [-0.15, -0.1) is 0 Å². The van der Waals surface area contributed by atoms with Gasteiger partial charge in [-0.3, -0.25) is 9.88 Å². The van der Waals surface area contributed by atoms with Gasteiger partial charge in [0.05, 0.1) is 24.0 Å². The van der Waals surface area contributed by atoms with Crippen LogP contribution in [0, 0.1) is 11.6 Å². The molecule has 6 nitrogen and oxygen atoms in total. The molecule has 39 heavy (non-hydrogen) atoms. The molecule has 2 aliphatic rings. The van der Waals surface area contributed by atoms with Gasteiger partial charge < -0.3 is 9.47 Å². The van der Waals surface area contributed by atoms with Crippen LogP contribution in [0.3, 0.4) is 0 Å². The maximum atomic E-state index is 16.1. The minimum Gasteiger partial charge on any atom is -0.477 e. The molecule has 6 rings (SSSR count). The first-order chi connectivity index (χ1) is 18.7. The molecule has 2 saturated heterocycles. The lowest BCUT2D eigenvalue weighted by Crippen LogP contribution is -2.43. The second-order valence-corrected chi connectivity index (χ2v) is 10.1. The number of aromatic nitrogens is 3. The normalized spacial score (nSPS) is 17.2. The molecule has 0 aliphatic carbocycles. The monoisotopic (exact) mass is 544 g/mol. The lowest BCUT2D eigenvalue weighted by molar-refractivity contribution is -0.139. The molecule has 2 aromatic heterocycles. The molecule has 2 aliphatic heterocycles. The summed E-state index contributed by atoms with van der Waals surface area (Å²) in [5.41, 5.74) is -0.317. The smallest absolute Gasteiger partial charge is 0.392 e. The third kappa shape index (κ3) is 4.84. The van der Waals surface area contributed by atoms with Crippen LogP contribution in [0.5, 0.6) is 11.9 Å². The molecule has 0 unspecified atom stereocenters. The summed E-state index contributed by atoms with van der Waals surface area (Å²) >= 11 is 0. The van der Waals surface area contributed by atoms with Gasteiger partial charge in [0.25, 0.3) is 0 Å². The molecule has 4 heterocycles. The standard InChI is InChI=1S/C28H25F5N4O2/c29-20-8-2-6-17-5-1-7-18(21(17)20)23-22(30)24-19(15-34-23)25(38-14-11-28(31,32)33)36-26(35-24)39-16-27-9-3-12-37(27)13-4-10-27/h1-2,5-8,15H,3-4,9-14,16H2. The first-order valence-corrected chi connectivity index (χ1v) is 12.9. The quantitative estimate of drug-likeness (QED) is 0.249. The number of rotatable bonds is 7. The first-order valence-electron chi connectivity index (χ1n) is 12.9. The second-order valence-electron chi connectivity index (χ2n) is 10.1. The Hall–Kier alpha value is -3.60. The van der Waals surface area contributed by atoms with E-state index in [2.05, 4.69) is 19.9 Å². The van der Waals surface area contributed by atoms with Crippen molar-refractivity contribution in [2.24, 2.45) is 0 Å². The van der Waals surface area contributed by atoms with Crippen LogP contribution < -0.4 is 9.47 Å². The van der Waals surface area contributed by atoms with Gasteiger partial charge in [0.1, 0.15) is 23.6 Å². The fourth-order valence-corrected chi connectivity index (χ4v) is 5.79. The summed E-state index contributed by atoms with van der Waals surface area (Å²) in [6.45, 7) is 1.50. The summed E-state index contributed by atoms with van der Waals surface area (Å²) in [5.74, 6) is -1.67. The topological polar surface area (TPSA) is 60.4 Å². The highest BCUT2D eigenvalue weighted by atomic mass is 19.4. The van der Waals surface area contributed by atoms with Gasteiger partial charge in [0.15, 0.2) is 5.82 Å². The third-order valence-corrected chi connectivity index (χ3v) is 7.64. The molecule has 0 atom stereocenters. The maximum Gasteiger partial charge on any atom is 0.392 e. The SMILES string of the molecule is Fc1c(-c2cccc3cccc(F)c23)ncc2c(OCCC(F)(F)F)nc(OCC34CCCN3CCC4)nc12. The molecule has 0 saturated carbocycles. The number of pyridine rings is 1. The van der Waals surface area contributed by atoms with Crippen molar-refractivity contribution in [3.8, 4) is 23.1 Å². The Bertz CT molecular complexity index is 1530. The van der Waals surface area contributed by atoms with E-state index in [0.29, 0.717) is 5.39 Å². The van der Waals surface area contributed by atoms with Crippen LogP contribution in [0.15, 0.2) is 42.6 Å². The van der Waals surface area contributed by atoms with Gasteiger partial charge in [-0.25, -0.2) is 8.78 Å². The summed E-state index contributed by atoms with van der Waals surface area (Å²) in [6, 6.07) is 9.26. The Kier molecular flexibility index (Phi) is 6.49. The molecule has 0 amide bonds. The summed E-state index contributed by atoms with van der Waals surface area (Å²) in [7, 11) is 0. The molecule has 0 N–H and O–H groups in total. The molecule has 4 aromatic rings. The van der Waals surface area contributed by atoms with Crippen LogP contribution >= 0.6 is 0 Å². The summed E-state index contributed by atoms with van der Waals surface area (Å²) in [5, 5.41) is 0.751. The summed E-state index contributed by atoms with van der Waals surface area (Å²) in [6.07, 6.45) is -0.442. The Labute approximate surface area is 220 Å². The molecule has 11 heteroatoms. The zero-order chi connectivity index (χ0) is 27.2. The van der Waals surface area contributed by atoms with Crippen molar-refractivity contribution in [1.29, 1.82) is 0 Å². The molecular formula is C28H25F5N4O2. The van der Waals surface area contributed by atoms with Crippen molar-refractivity contribution in [3.05, 3.63) is 54.2 Å². The first kappa shape index (κ1) is 25.7. The van der Waals surface area contributed by atoms with Crippen molar-refractivity contribution in [3.63, 3.8) is 0 Å². The number of ether oxygens (including phenoxy) is 2. The average Bonchev–Trinajstić information content (AvgIpc) is 3.48. The zero-order valence-corrected chi connectivity index (χ0v) is 20.9. The highest BCUT2D eigenvalue weighted by molar-refractivity contribution is 5.98. The minimum atomic E-state index is -4.44. The molecule has 2 aromatic carbocycles. The van der Waals surface area contributed by atoms with Crippen molar-refractivity contribution in [2.45, 2.75) is 43.8 Å². The molecule has 0 spiro atoms. The fourth-order valence-electron chi connectivity index (χ4n) is 5.79. The van der Waals surface area contributed by atoms with Crippen LogP contribution in [0.2, 0.25) is 0 Å². The molecule has 0 radical (unpaired) electrons. The van der Waals surface area contributed by atoms with Gasteiger partial charge in [-0.1, -0.05) is 30.3 Å². The number of fused-ring (bicyclic) bond motifs is 3. The molecule has 204 valence electrons. The Morgan fingerprint density at radius 2 is 1.69 bits per heavy atom. The van der Waals surface area contributed by atoms with E-state index in [1.807, 2.05) is 0 Å². The van der Waals surface area contributed by atoms with E-state index in [4.69, 9.17) is 9.47 Å².